The molecular weight excluding hydrogens is 362 g/mol. The number of nitrogens with one attached hydrogen (secondary N) is 1. The smallest absolute Gasteiger partial charge is 0.255 e. The molecule has 1 amide bonds. The lowest BCUT2D eigenvalue weighted by molar-refractivity contribution is 0.102. The van der Waals surface area contributed by atoms with Gasteiger partial charge in [0.1, 0.15) is 0 Å². The first kappa shape index (κ1) is 17.2. The van der Waals surface area contributed by atoms with E-state index in [2.05, 4.69) is 22.5 Å². The zero-order valence-corrected chi connectivity index (χ0v) is 15.8. The Bertz CT molecular complexity index is 872. The first-order valence-corrected chi connectivity index (χ1v) is 10.6. The summed E-state index contributed by atoms with van der Waals surface area (Å²) in [6.07, 6.45) is 4.86. The van der Waals surface area contributed by atoms with Crippen LogP contribution in [0.2, 0.25) is 0 Å². The molecular formula is C20H19N3OS2. The van der Waals surface area contributed by atoms with E-state index >= 15 is 0 Å². The number of benzene rings is 2. The molecule has 1 fully saturated rings. The standard InChI is InChI=1S/C20H19N3OS2/c24-19(15-7-9-16(10-8-15)20-25-13-4-14-26-20)22-17-5-1-2-6-18(17)23-12-3-11-21-23/h1-3,5-12,20H,4,13-14H2,(H,22,24). The van der Waals surface area contributed by atoms with E-state index in [4.69, 9.17) is 0 Å². The van der Waals surface area contributed by atoms with Gasteiger partial charge in [-0.1, -0.05) is 24.3 Å². The molecule has 4 nitrogen and oxygen atoms in total. The number of aromatic nitrogens is 2. The number of anilines is 1. The van der Waals surface area contributed by atoms with Crippen molar-refractivity contribution < 1.29 is 4.79 Å². The molecule has 132 valence electrons. The molecule has 2 aromatic carbocycles. The van der Waals surface area contributed by atoms with Crippen molar-refractivity contribution in [1.82, 2.24) is 9.78 Å². The molecule has 0 bridgehead atoms. The topological polar surface area (TPSA) is 46.9 Å². The molecule has 0 unspecified atom stereocenters. The van der Waals surface area contributed by atoms with Gasteiger partial charge in [0.15, 0.2) is 0 Å². The highest BCUT2D eigenvalue weighted by Gasteiger charge is 2.17. The molecule has 0 radical (unpaired) electrons. The van der Waals surface area contributed by atoms with Crippen molar-refractivity contribution >= 4 is 35.1 Å². The summed E-state index contributed by atoms with van der Waals surface area (Å²) in [6, 6.07) is 17.5. The van der Waals surface area contributed by atoms with Crippen LogP contribution in [0.4, 0.5) is 5.69 Å². The van der Waals surface area contributed by atoms with E-state index < -0.39 is 0 Å². The Balaban J connectivity index is 1.50. The Hall–Kier alpha value is -2.18. The molecule has 0 atom stereocenters. The molecule has 3 aromatic rings. The van der Waals surface area contributed by atoms with Crippen molar-refractivity contribution in [2.75, 3.05) is 16.8 Å². The normalized spacial score (nSPS) is 14.9. The third-order valence-electron chi connectivity index (χ3n) is 4.18. The summed E-state index contributed by atoms with van der Waals surface area (Å²) in [5, 5.41) is 7.26. The minimum Gasteiger partial charge on any atom is -0.320 e. The summed E-state index contributed by atoms with van der Waals surface area (Å²) in [6.45, 7) is 0. The van der Waals surface area contributed by atoms with E-state index in [0.29, 0.717) is 10.1 Å². The molecule has 1 aliphatic rings. The number of nitrogens with zero attached hydrogens (tertiary/aromatic N) is 2. The van der Waals surface area contributed by atoms with Crippen LogP contribution in [0.5, 0.6) is 0 Å². The number of amides is 1. The van der Waals surface area contributed by atoms with E-state index in [1.165, 1.54) is 23.5 Å². The SMILES string of the molecule is O=C(Nc1ccccc1-n1cccn1)c1ccc(C2SCCCS2)cc1. The van der Waals surface area contributed by atoms with Crippen LogP contribution in [0.15, 0.2) is 67.0 Å². The van der Waals surface area contributed by atoms with Crippen LogP contribution < -0.4 is 5.32 Å². The number of thioether (sulfide) groups is 2. The second kappa shape index (κ2) is 8.01. The van der Waals surface area contributed by atoms with Gasteiger partial charge in [0.05, 0.1) is 16.0 Å². The molecule has 0 aliphatic carbocycles. The van der Waals surface area contributed by atoms with E-state index in [1.54, 1.807) is 10.9 Å². The number of carbonyl (C=O) groups excluding carboxylic acids is 1. The zero-order chi connectivity index (χ0) is 17.8. The highest BCUT2D eigenvalue weighted by molar-refractivity contribution is 8.16. The molecule has 1 aromatic heterocycles. The third-order valence-corrected chi connectivity index (χ3v) is 7.19. The van der Waals surface area contributed by atoms with Gasteiger partial charge in [0.2, 0.25) is 0 Å². The molecule has 0 spiro atoms. The van der Waals surface area contributed by atoms with Gasteiger partial charge in [-0.15, -0.1) is 23.5 Å². The van der Waals surface area contributed by atoms with Crippen LogP contribution in [0.1, 0.15) is 26.9 Å². The van der Waals surface area contributed by atoms with Gasteiger partial charge in [0.25, 0.3) is 5.91 Å². The number of para-hydroxylation sites is 2. The van der Waals surface area contributed by atoms with Gasteiger partial charge in [-0.25, -0.2) is 4.68 Å². The minimum atomic E-state index is -0.111. The van der Waals surface area contributed by atoms with E-state index in [-0.39, 0.29) is 5.91 Å². The Kier molecular flexibility index (Phi) is 5.32. The van der Waals surface area contributed by atoms with Gasteiger partial charge >= 0.3 is 0 Å². The Morgan fingerprint density at radius 3 is 2.54 bits per heavy atom. The Labute approximate surface area is 161 Å². The average molecular weight is 382 g/mol. The lowest BCUT2D eigenvalue weighted by Crippen LogP contribution is -2.14. The van der Waals surface area contributed by atoms with Crippen molar-refractivity contribution in [3.8, 4) is 5.69 Å². The van der Waals surface area contributed by atoms with Crippen molar-refractivity contribution in [2.24, 2.45) is 0 Å². The maximum absolute atomic E-state index is 12.7. The molecule has 6 heteroatoms. The summed E-state index contributed by atoms with van der Waals surface area (Å²) < 4.78 is 2.23. The molecule has 26 heavy (non-hydrogen) atoms. The van der Waals surface area contributed by atoms with Gasteiger partial charge < -0.3 is 5.32 Å². The summed E-state index contributed by atoms with van der Waals surface area (Å²) in [4.78, 5) is 12.7. The molecule has 4 rings (SSSR count). The van der Waals surface area contributed by atoms with E-state index in [0.717, 1.165) is 11.4 Å². The number of hydrogen-bond donors (Lipinski definition) is 1. The van der Waals surface area contributed by atoms with Crippen LogP contribution in [-0.2, 0) is 0 Å². The summed E-state index contributed by atoms with van der Waals surface area (Å²) in [5.74, 6) is 2.31. The maximum Gasteiger partial charge on any atom is 0.255 e. The predicted molar refractivity (Wildman–Crippen MR) is 110 cm³/mol. The van der Waals surface area contributed by atoms with Gasteiger partial charge in [-0.3, -0.25) is 4.79 Å². The van der Waals surface area contributed by atoms with Gasteiger partial charge in [-0.05, 0) is 53.8 Å². The zero-order valence-electron chi connectivity index (χ0n) is 14.2. The van der Waals surface area contributed by atoms with Crippen LogP contribution in [0, 0.1) is 0 Å². The molecule has 2 heterocycles. The third kappa shape index (κ3) is 3.81. The van der Waals surface area contributed by atoms with Crippen LogP contribution in [0.3, 0.4) is 0 Å². The Morgan fingerprint density at radius 2 is 1.81 bits per heavy atom. The van der Waals surface area contributed by atoms with Gasteiger partial charge in [-0.2, -0.15) is 5.10 Å². The van der Waals surface area contributed by atoms with Crippen molar-refractivity contribution in [2.45, 2.75) is 11.0 Å². The summed E-state index contributed by atoms with van der Waals surface area (Å²) >= 11 is 3.97. The van der Waals surface area contributed by atoms with Crippen LogP contribution >= 0.6 is 23.5 Å². The molecule has 1 aliphatic heterocycles. The quantitative estimate of drug-likeness (QED) is 0.691. The lowest BCUT2D eigenvalue weighted by Gasteiger charge is -2.21. The number of rotatable bonds is 4. The Morgan fingerprint density at radius 1 is 1.04 bits per heavy atom. The predicted octanol–water partition coefficient (Wildman–Crippen LogP) is 4.99. The van der Waals surface area contributed by atoms with Crippen molar-refractivity contribution in [1.29, 1.82) is 0 Å². The van der Waals surface area contributed by atoms with E-state index in [9.17, 15) is 4.79 Å². The van der Waals surface area contributed by atoms with E-state index in [1.807, 2.05) is 72.2 Å². The number of hydrogen-bond acceptors (Lipinski definition) is 4. The second-order valence-electron chi connectivity index (χ2n) is 5.97. The highest BCUT2D eigenvalue weighted by atomic mass is 32.2. The highest BCUT2D eigenvalue weighted by Crippen LogP contribution is 2.43. The van der Waals surface area contributed by atoms with Gasteiger partial charge in [0, 0.05) is 18.0 Å². The van der Waals surface area contributed by atoms with Crippen molar-refractivity contribution in [3.63, 3.8) is 0 Å². The molecule has 1 saturated heterocycles. The minimum absolute atomic E-state index is 0.111. The monoisotopic (exact) mass is 381 g/mol. The average Bonchev–Trinajstić information content (AvgIpc) is 3.24. The lowest BCUT2D eigenvalue weighted by atomic mass is 10.1. The molecule has 0 saturated carbocycles. The largest absolute Gasteiger partial charge is 0.320 e. The fourth-order valence-corrected chi connectivity index (χ4v) is 5.75. The van der Waals surface area contributed by atoms with Crippen LogP contribution in [0.25, 0.3) is 5.69 Å². The fraction of sp³-hybridized carbons (Fsp3) is 0.200. The first-order chi connectivity index (χ1) is 12.8. The summed E-state index contributed by atoms with van der Waals surface area (Å²) in [7, 11) is 0. The fourth-order valence-electron chi connectivity index (χ4n) is 2.86. The maximum atomic E-state index is 12.7. The summed E-state index contributed by atoms with van der Waals surface area (Å²) in [5.41, 5.74) is 3.53. The first-order valence-electron chi connectivity index (χ1n) is 8.55. The second-order valence-corrected chi connectivity index (χ2v) is 8.70. The van der Waals surface area contributed by atoms with Crippen molar-refractivity contribution in [3.05, 3.63) is 78.1 Å². The van der Waals surface area contributed by atoms with Crippen LogP contribution in [-0.4, -0.2) is 27.2 Å². The number of carbonyl (C=O) groups is 1. The molecule has 1 N–H and O–H groups in total.